The number of hydrogen-bond acceptors (Lipinski definition) is 8. The lowest BCUT2D eigenvalue weighted by Crippen LogP contribution is -2.54. The van der Waals surface area contributed by atoms with Crippen LogP contribution in [0.5, 0.6) is 11.5 Å². The number of nitrogens with one attached hydrogen (secondary N) is 1. The normalized spacial score (nSPS) is 14.0. The monoisotopic (exact) mass is 426 g/mol. The quantitative estimate of drug-likeness (QED) is 0.557. The number of ether oxygens (including phenoxy) is 2. The molecule has 2 amide bonds. The summed E-state index contributed by atoms with van der Waals surface area (Å²) in [6.45, 7) is 0.533. The van der Waals surface area contributed by atoms with E-state index < -0.39 is 18.2 Å². The summed E-state index contributed by atoms with van der Waals surface area (Å²) in [7, 11) is 0. The summed E-state index contributed by atoms with van der Waals surface area (Å²) < 4.78 is 46.0. The molecule has 5 N–H and O–H groups in total. The van der Waals surface area contributed by atoms with Gasteiger partial charge < -0.3 is 31.2 Å². The number of aromatic nitrogens is 2. The fourth-order valence-corrected chi connectivity index (χ4v) is 2.56. The lowest BCUT2D eigenvalue weighted by atomic mass is 10.2. The van der Waals surface area contributed by atoms with Gasteiger partial charge in [-0.25, -0.2) is 4.98 Å². The van der Waals surface area contributed by atoms with Crippen LogP contribution < -0.4 is 31.2 Å². The van der Waals surface area contributed by atoms with Crippen molar-refractivity contribution in [1.82, 2.24) is 9.97 Å². The van der Waals surface area contributed by atoms with Gasteiger partial charge in [-0.15, -0.1) is 13.2 Å². The number of alkyl halides is 3. The molecule has 2 aromatic rings. The second-order valence-corrected chi connectivity index (χ2v) is 6.29. The first-order valence-electron chi connectivity index (χ1n) is 8.57. The van der Waals surface area contributed by atoms with Crippen LogP contribution in [0.1, 0.15) is 10.5 Å². The lowest BCUT2D eigenvalue weighted by molar-refractivity contribution is -0.274. The average Bonchev–Trinajstić information content (AvgIpc) is 2.62. The summed E-state index contributed by atoms with van der Waals surface area (Å²) in [4.78, 5) is 32.4. The summed E-state index contributed by atoms with van der Waals surface area (Å²) in [5.41, 5.74) is 10.3. The SMILES string of the molecule is NC(=O)CNc1cc(C(N)=O)nc(N2CC(Oc3ccc(OC(F)(F)F)cc3)C2)n1. The van der Waals surface area contributed by atoms with E-state index >= 15 is 0 Å². The highest BCUT2D eigenvalue weighted by Gasteiger charge is 2.32. The maximum absolute atomic E-state index is 12.2. The molecule has 10 nitrogen and oxygen atoms in total. The molecule has 0 saturated carbocycles. The second-order valence-electron chi connectivity index (χ2n) is 6.29. The molecule has 0 aliphatic carbocycles. The molecule has 1 fully saturated rings. The van der Waals surface area contributed by atoms with Crippen LogP contribution in [0.15, 0.2) is 30.3 Å². The van der Waals surface area contributed by atoms with E-state index in [1.807, 2.05) is 0 Å². The molecule has 1 saturated heterocycles. The molecule has 1 aliphatic rings. The second kappa shape index (κ2) is 8.31. The Kier molecular flexibility index (Phi) is 5.80. The average molecular weight is 426 g/mol. The smallest absolute Gasteiger partial charge is 0.487 e. The predicted molar refractivity (Wildman–Crippen MR) is 98.0 cm³/mol. The van der Waals surface area contributed by atoms with E-state index in [1.165, 1.54) is 18.2 Å². The Morgan fingerprint density at radius 2 is 1.77 bits per heavy atom. The standard InChI is InChI=1S/C17H17F3N6O4/c18-17(19,20)30-10-3-1-9(2-4-10)29-11-7-26(8-11)16-24-12(15(22)28)5-14(25-16)23-6-13(21)27/h1-5,11H,6-8H2,(H2,21,27)(H2,22,28)(H,23,24,25). The first-order valence-corrected chi connectivity index (χ1v) is 8.57. The zero-order chi connectivity index (χ0) is 21.9. The van der Waals surface area contributed by atoms with Gasteiger partial charge in [-0.3, -0.25) is 9.59 Å². The Bertz CT molecular complexity index is 932. The number of nitrogens with two attached hydrogens (primary N) is 2. The highest BCUT2D eigenvalue weighted by molar-refractivity contribution is 5.92. The Labute approximate surface area is 168 Å². The Hall–Kier alpha value is -3.77. The third kappa shape index (κ3) is 5.62. The van der Waals surface area contributed by atoms with Crippen LogP contribution in [0.25, 0.3) is 0 Å². The molecule has 0 unspecified atom stereocenters. The maximum Gasteiger partial charge on any atom is 0.573 e. The van der Waals surface area contributed by atoms with Gasteiger partial charge in [0.25, 0.3) is 5.91 Å². The van der Waals surface area contributed by atoms with E-state index in [2.05, 4.69) is 20.0 Å². The predicted octanol–water partition coefficient (Wildman–Crippen LogP) is 0.639. The Balaban J connectivity index is 1.60. The minimum atomic E-state index is -4.76. The largest absolute Gasteiger partial charge is 0.573 e. The van der Waals surface area contributed by atoms with Gasteiger partial charge in [0.2, 0.25) is 11.9 Å². The summed E-state index contributed by atoms with van der Waals surface area (Å²) in [6, 6.07) is 6.32. The number of anilines is 2. The molecule has 3 rings (SSSR count). The Morgan fingerprint density at radius 1 is 1.13 bits per heavy atom. The third-order valence-electron chi connectivity index (χ3n) is 3.90. The highest BCUT2D eigenvalue weighted by Crippen LogP contribution is 2.27. The molecule has 30 heavy (non-hydrogen) atoms. The number of benzene rings is 1. The van der Waals surface area contributed by atoms with Crippen LogP contribution in [0.4, 0.5) is 24.9 Å². The molecular weight excluding hydrogens is 409 g/mol. The number of hydrogen-bond donors (Lipinski definition) is 3. The van der Waals surface area contributed by atoms with Crippen molar-refractivity contribution in [1.29, 1.82) is 0 Å². The summed E-state index contributed by atoms with van der Waals surface area (Å²) in [5, 5.41) is 2.67. The summed E-state index contributed by atoms with van der Waals surface area (Å²) >= 11 is 0. The van der Waals surface area contributed by atoms with E-state index in [9.17, 15) is 22.8 Å². The van der Waals surface area contributed by atoms with E-state index in [4.69, 9.17) is 16.2 Å². The van der Waals surface area contributed by atoms with Gasteiger partial charge in [0, 0.05) is 6.07 Å². The van der Waals surface area contributed by atoms with Crippen LogP contribution in [0.2, 0.25) is 0 Å². The van der Waals surface area contributed by atoms with Crippen LogP contribution in [-0.4, -0.2) is 53.9 Å². The number of amides is 2. The van der Waals surface area contributed by atoms with Crippen molar-refractivity contribution in [3.8, 4) is 11.5 Å². The van der Waals surface area contributed by atoms with Crippen LogP contribution >= 0.6 is 0 Å². The van der Waals surface area contributed by atoms with Gasteiger partial charge in [0.05, 0.1) is 19.6 Å². The van der Waals surface area contributed by atoms with Crippen molar-refractivity contribution >= 4 is 23.6 Å². The molecule has 160 valence electrons. The zero-order valence-corrected chi connectivity index (χ0v) is 15.3. The topological polar surface area (TPSA) is 146 Å². The van der Waals surface area contributed by atoms with Crippen molar-refractivity contribution < 1.29 is 32.2 Å². The van der Waals surface area contributed by atoms with Gasteiger partial charge in [0.15, 0.2) is 0 Å². The van der Waals surface area contributed by atoms with Crippen LogP contribution in [0.3, 0.4) is 0 Å². The molecule has 1 aromatic heterocycles. The number of halogens is 3. The number of carbonyl (C=O) groups is 2. The van der Waals surface area contributed by atoms with Crippen molar-refractivity contribution in [3.63, 3.8) is 0 Å². The number of nitrogens with zero attached hydrogens (tertiary/aromatic N) is 3. The minimum absolute atomic E-state index is 0.0448. The highest BCUT2D eigenvalue weighted by atomic mass is 19.4. The van der Waals surface area contributed by atoms with E-state index in [0.29, 0.717) is 18.8 Å². The molecule has 13 heteroatoms. The van der Waals surface area contributed by atoms with Crippen molar-refractivity contribution in [2.45, 2.75) is 12.5 Å². The van der Waals surface area contributed by atoms with E-state index in [-0.39, 0.29) is 35.9 Å². The minimum Gasteiger partial charge on any atom is -0.487 e. The van der Waals surface area contributed by atoms with Gasteiger partial charge in [-0.2, -0.15) is 4.98 Å². The van der Waals surface area contributed by atoms with Crippen molar-refractivity contribution in [3.05, 3.63) is 36.0 Å². The van der Waals surface area contributed by atoms with Gasteiger partial charge in [-0.05, 0) is 24.3 Å². The number of primary amides is 2. The van der Waals surface area contributed by atoms with Crippen LogP contribution in [-0.2, 0) is 4.79 Å². The van der Waals surface area contributed by atoms with Gasteiger partial charge in [-0.1, -0.05) is 0 Å². The van der Waals surface area contributed by atoms with Crippen LogP contribution in [0, 0.1) is 0 Å². The maximum atomic E-state index is 12.2. The first-order chi connectivity index (χ1) is 14.1. The fraction of sp³-hybridized carbons (Fsp3) is 0.294. The molecule has 0 spiro atoms. The zero-order valence-electron chi connectivity index (χ0n) is 15.3. The number of rotatable bonds is 8. The first kappa shape index (κ1) is 21.0. The van der Waals surface area contributed by atoms with Gasteiger partial charge in [0.1, 0.15) is 29.1 Å². The molecular formula is C17H17F3N6O4. The van der Waals surface area contributed by atoms with E-state index in [1.54, 1.807) is 4.90 Å². The molecule has 0 atom stereocenters. The lowest BCUT2D eigenvalue weighted by Gasteiger charge is -2.39. The Morgan fingerprint density at radius 3 is 2.33 bits per heavy atom. The molecule has 0 radical (unpaired) electrons. The van der Waals surface area contributed by atoms with Crippen molar-refractivity contribution in [2.24, 2.45) is 11.5 Å². The molecule has 2 heterocycles. The summed E-state index contributed by atoms with van der Waals surface area (Å²) in [5.74, 6) is -0.957. The van der Waals surface area contributed by atoms with Gasteiger partial charge >= 0.3 is 6.36 Å². The summed E-state index contributed by atoms with van der Waals surface area (Å²) in [6.07, 6.45) is -5.04. The fourth-order valence-electron chi connectivity index (χ4n) is 2.56. The molecule has 1 aromatic carbocycles. The van der Waals surface area contributed by atoms with Crippen molar-refractivity contribution in [2.75, 3.05) is 29.9 Å². The molecule has 1 aliphatic heterocycles. The molecule has 0 bridgehead atoms. The van der Waals surface area contributed by atoms with E-state index in [0.717, 1.165) is 12.1 Å². The third-order valence-corrected chi connectivity index (χ3v) is 3.90. The number of carbonyl (C=O) groups excluding carboxylic acids is 2.